The molecule has 20 heavy (non-hydrogen) atoms. The van der Waals surface area contributed by atoms with Gasteiger partial charge in [0.15, 0.2) is 0 Å². The lowest BCUT2D eigenvalue weighted by atomic mass is 10.1. The summed E-state index contributed by atoms with van der Waals surface area (Å²) >= 11 is 0.777. The maximum atomic E-state index is 12.7. The van der Waals surface area contributed by atoms with Crippen LogP contribution in [0.5, 0.6) is 0 Å². The summed E-state index contributed by atoms with van der Waals surface area (Å²) in [5, 5.41) is -0.731. The van der Waals surface area contributed by atoms with Gasteiger partial charge < -0.3 is 4.74 Å². The SMILES string of the molecule is CCCOC(=O)C(SCCC(F)(F)C(F)(F)F)C(C)C. The third-order valence-electron chi connectivity index (χ3n) is 2.41. The molecule has 1 unspecified atom stereocenters. The van der Waals surface area contributed by atoms with Crippen molar-refractivity contribution in [3.05, 3.63) is 0 Å². The van der Waals surface area contributed by atoms with Crippen LogP contribution < -0.4 is 0 Å². The number of carbonyl (C=O) groups is 1. The lowest BCUT2D eigenvalue weighted by Gasteiger charge is -2.22. The van der Waals surface area contributed by atoms with Crippen LogP contribution in [0.15, 0.2) is 0 Å². The van der Waals surface area contributed by atoms with E-state index in [1.54, 1.807) is 20.8 Å². The second-order valence-electron chi connectivity index (χ2n) is 4.66. The lowest BCUT2D eigenvalue weighted by Crippen LogP contribution is -2.37. The molecule has 0 N–H and O–H groups in total. The quantitative estimate of drug-likeness (QED) is 0.493. The van der Waals surface area contributed by atoms with Gasteiger partial charge in [-0.3, -0.25) is 4.79 Å². The summed E-state index contributed by atoms with van der Waals surface area (Å²) in [4.78, 5) is 11.6. The predicted molar refractivity (Wildman–Crippen MR) is 68.0 cm³/mol. The molecule has 8 heteroatoms. The highest BCUT2D eigenvalue weighted by molar-refractivity contribution is 8.00. The summed E-state index contributed by atoms with van der Waals surface area (Å²) in [6, 6.07) is 0. The molecule has 0 fully saturated rings. The first-order valence-corrected chi connectivity index (χ1v) is 7.30. The number of carbonyl (C=O) groups excluding carboxylic acids is 1. The van der Waals surface area contributed by atoms with Gasteiger partial charge in [-0.05, 0) is 12.3 Å². The minimum atomic E-state index is -5.55. The Morgan fingerprint density at radius 2 is 1.75 bits per heavy atom. The fourth-order valence-electron chi connectivity index (χ4n) is 1.27. The van der Waals surface area contributed by atoms with Gasteiger partial charge in [-0.1, -0.05) is 20.8 Å². The monoisotopic (exact) mass is 322 g/mol. The first-order valence-electron chi connectivity index (χ1n) is 6.25. The van der Waals surface area contributed by atoms with E-state index in [0.29, 0.717) is 6.42 Å². The third-order valence-corrected chi connectivity index (χ3v) is 3.95. The fraction of sp³-hybridized carbons (Fsp3) is 0.917. The highest BCUT2D eigenvalue weighted by atomic mass is 32.2. The molecule has 0 saturated heterocycles. The van der Waals surface area contributed by atoms with Gasteiger partial charge in [-0.25, -0.2) is 0 Å². The van der Waals surface area contributed by atoms with E-state index < -0.39 is 35.5 Å². The largest absolute Gasteiger partial charge is 0.465 e. The van der Waals surface area contributed by atoms with Gasteiger partial charge in [0.25, 0.3) is 0 Å². The third kappa shape index (κ3) is 6.28. The number of esters is 1. The van der Waals surface area contributed by atoms with E-state index in [0.717, 1.165) is 11.8 Å². The molecule has 0 aliphatic rings. The molecule has 0 rings (SSSR count). The van der Waals surface area contributed by atoms with Crippen molar-refractivity contribution in [3.63, 3.8) is 0 Å². The minimum Gasteiger partial charge on any atom is -0.465 e. The second-order valence-corrected chi connectivity index (χ2v) is 5.90. The predicted octanol–water partition coefficient (Wildman–Crippen LogP) is 4.29. The molecular formula is C12H19F5O2S. The topological polar surface area (TPSA) is 26.3 Å². The van der Waals surface area contributed by atoms with Crippen LogP contribution in [0.3, 0.4) is 0 Å². The highest BCUT2D eigenvalue weighted by Crippen LogP contribution is 2.39. The Labute approximate surface area is 119 Å². The van der Waals surface area contributed by atoms with Crippen LogP contribution in [0.2, 0.25) is 0 Å². The molecule has 0 aliphatic heterocycles. The van der Waals surface area contributed by atoms with E-state index in [9.17, 15) is 26.7 Å². The van der Waals surface area contributed by atoms with E-state index in [1.807, 2.05) is 0 Å². The Balaban J connectivity index is 4.40. The van der Waals surface area contributed by atoms with E-state index in [2.05, 4.69) is 0 Å². The zero-order valence-electron chi connectivity index (χ0n) is 11.6. The summed E-state index contributed by atoms with van der Waals surface area (Å²) in [7, 11) is 0. The van der Waals surface area contributed by atoms with Crippen LogP contribution in [0.1, 0.15) is 33.6 Å². The Kier molecular flexibility index (Phi) is 7.83. The first kappa shape index (κ1) is 19.5. The number of ether oxygens (including phenoxy) is 1. The normalized spacial score (nSPS) is 14.4. The van der Waals surface area contributed by atoms with Crippen molar-refractivity contribution in [2.24, 2.45) is 5.92 Å². The summed E-state index contributed by atoms with van der Waals surface area (Å²) in [6.07, 6.45) is -6.28. The lowest BCUT2D eigenvalue weighted by molar-refractivity contribution is -0.282. The highest BCUT2D eigenvalue weighted by Gasteiger charge is 2.56. The van der Waals surface area contributed by atoms with Crippen LogP contribution in [0, 0.1) is 5.92 Å². The first-order chi connectivity index (χ1) is 9.03. The van der Waals surface area contributed by atoms with Crippen molar-refractivity contribution in [2.75, 3.05) is 12.4 Å². The Hall–Kier alpha value is -0.530. The van der Waals surface area contributed by atoms with Crippen LogP contribution in [-0.4, -0.2) is 35.7 Å². The Bertz CT molecular complexity index is 305. The van der Waals surface area contributed by atoms with Crippen molar-refractivity contribution in [1.82, 2.24) is 0 Å². The molecular weight excluding hydrogens is 303 g/mol. The molecule has 120 valence electrons. The van der Waals surface area contributed by atoms with E-state index in [4.69, 9.17) is 4.74 Å². The van der Waals surface area contributed by atoms with Gasteiger partial charge in [-0.2, -0.15) is 22.0 Å². The molecule has 0 aromatic rings. The zero-order valence-corrected chi connectivity index (χ0v) is 12.4. The van der Waals surface area contributed by atoms with Crippen molar-refractivity contribution in [1.29, 1.82) is 0 Å². The number of rotatable bonds is 8. The van der Waals surface area contributed by atoms with Gasteiger partial charge >= 0.3 is 18.1 Å². The zero-order chi connectivity index (χ0) is 16.0. The van der Waals surface area contributed by atoms with Gasteiger partial charge in [0.1, 0.15) is 5.25 Å². The molecule has 0 bridgehead atoms. The number of hydrogen-bond acceptors (Lipinski definition) is 3. The number of alkyl halides is 5. The Morgan fingerprint density at radius 3 is 2.15 bits per heavy atom. The molecule has 2 nitrogen and oxygen atoms in total. The molecule has 0 saturated carbocycles. The van der Waals surface area contributed by atoms with Crippen molar-refractivity contribution >= 4 is 17.7 Å². The molecule has 0 amide bonds. The van der Waals surface area contributed by atoms with E-state index in [1.165, 1.54) is 0 Å². The molecule has 0 spiro atoms. The number of halogens is 5. The standard InChI is InChI=1S/C12H19F5O2S/c1-4-6-19-10(18)9(8(2)3)20-7-5-11(13,14)12(15,16)17/h8-9H,4-7H2,1-3H3. The maximum absolute atomic E-state index is 12.7. The smallest absolute Gasteiger partial charge is 0.453 e. The second kappa shape index (κ2) is 8.05. The molecule has 0 aromatic carbocycles. The average Bonchev–Trinajstić information content (AvgIpc) is 2.29. The van der Waals surface area contributed by atoms with Gasteiger partial charge in [-0.15, -0.1) is 11.8 Å². The summed E-state index contributed by atoms with van der Waals surface area (Å²) in [6.45, 7) is 5.38. The van der Waals surface area contributed by atoms with Crippen molar-refractivity contribution < 1.29 is 31.5 Å². The number of hydrogen-bond donors (Lipinski definition) is 0. The van der Waals surface area contributed by atoms with Gasteiger partial charge in [0.2, 0.25) is 0 Å². The van der Waals surface area contributed by atoms with Crippen LogP contribution in [-0.2, 0) is 9.53 Å². The maximum Gasteiger partial charge on any atom is 0.453 e. The average molecular weight is 322 g/mol. The molecule has 1 atom stereocenters. The molecule has 0 aromatic heterocycles. The van der Waals surface area contributed by atoms with Crippen molar-refractivity contribution in [3.8, 4) is 0 Å². The van der Waals surface area contributed by atoms with Crippen molar-refractivity contribution in [2.45, 2.75) is 51.0 Å². The van der Waals surface area contributed by atoms with Gasteiger partial charge in [0, 0.05) is 12.2 Å². The van der Waals surface area contributed by atoms with Crippen LogP contribution in [0.25, 0.3) is 0 Å². The Morgan fingerprint density at radius 1 is 1.20 bits per heavy atom. The minimum absolute atomic E-state index is 0.205. The number of thioether (sulfide) groups is 1. The van der Waals surface area contributed by atoms with E-state index >= 15 is 0 Å². The van der Waals surface area contributed by atoms with Gasteiger partial charge in [0.05, 0.1) is 6.61 Å². The molecule has 0 radical (unpaired) electrons. The summed E-state index contributed by atoms with van der Waals surface area (Å²) in [5.41, 5.74) is 0. The van der Waals surface area contributed by atoms with Crippen LogP contribution >= 0.6 is 11.8 Å². The fourth-order valence-corrected chi connectivity index (χ4v) is 2.49. The molecule has 0 aliphatic carbocycles. The molecule has 0 heterocycles. The summed E-state index contributed by atoms with van der Waals surface area (Å²) < 4.78 is 66.3. The summed E-state index contributed by atoms with van der Waals surface area (Å²) in [5.74, 6) is -5.96. The van der Waals surface area contributed by atoms with Crippen LogP contribution in [0.4, 0.5) is 22.0 Å². The van der Waals surface area contributed by atoms with E-state index in [-0.39, 0.29) is 12.5 Å².